The predicted molar refractivity (Wildman–Crippen MR) is 107 cm³/mol. The van der Waals surface area contributed by atoms with Gasteiger partial charge in [0, 0.05) is 13.1 Å². The number of benzene rings is 1. The van der Waals surface area contributed by atoms with Gasteiger partial charge in [0.25, 0.3) is 0 Å². The molecule has 146 valence electrons. The first kappa shape index (κ1) is 19.4. The highest BCUT2D eigenvalue weighted by Gasteiger charge is 2.25. The monoisotopic (exact) mass is 370 g/mol. The molecule has 0 spiro atoms. The van der Waals surface area contributed by atoms with Crippen molar-refractivity contribution < 1.29 is 9.15 Å². The van der Waals surface area contributed by atoms with E-state index in [1.165, 1.54) is 16.7 Å². The summed E-state index contributed by atoms with van der Waals surface area (Å²) < 4.78 is 11.7. The number of ether oxygens (including phenoxy) is 1. The van der Waals surface area contributed by atoms with Gasteiger partial charge in [-0.1, -0.05) is 23.8 Å². The van der Waals surface area contributed by atoms with Crippen LogP contribution in [0.5, 0.6) is 0 Å². The first-order valence-corrected chi connectivity index (χ1v) is 9.62. The van der Waals surface area contributed by atoms with Gasteiger partial charge in [-0.2, -0.15) is 0 Å². The molecule has 1 aliphatic heterocycles. The van der Waals surface area contributed by atoms with Gasteiger partial charge < -0.3 is 19.4 Å². The fourth-order valence-corrected chi connectivity index (χ4v) is 3.39. The van der Waals surface area contributed by atoms with Gasteiger partial charge in [0.2, 0.25) is 5.89 Å². The highest BCUT2D eigenvalue weighted by Crippen LogP contribution is 2.26. The molecule has 1 aromatic carbocycles. The molecule has 1 saturated heterocycles. The quantitative estimate of drug-likeness (QED) is 0.660. The van der Waals surface area contributed by atoms with Gasteiger partial charge in [0.1, 0.15) is 18.4 Å². The van der Waals surface area contributed by atoms with Crippen LogP contribution in [0.25, 0.3) is 0 Å². The fourth-order valence-electron chi connectivity index (χ4n) is 3.39. The highest BCUT2D eigenvalue weighted by molar-refractivity contribution is 5.80. The number of hydrogen-bond donors (Lipinski definition) is 1. The third-order valence-corrected chi connectivity index (χ3v) is 4.91. The SMILES string of the molecule is CCNC(=NCc1nc(C)c(C)o1)N1CCOC(c2ccc(C)cc2C)C1. The molecule has 27 heavy (non-hydrogen) atoms. The number of aliphatic imine (C=N–C) groups is 1. The largest absolute Gasteiger partial charge is 0.444 e. The molecule has 1 aromatic heterocycles. The molecule has 1 aliphatic rings. The van der Waals surface area contributed by atoms with E-state index in [0.29, 0.717) is 19.0 Å². The number of oxazole rings is 1. The lowest BCUT2D eigenvalue weighted by molar-refractivity contribution is -0.00835. The molecule has 1 N–H and O–H groups in total. The summed E-state index contributed by atoms with van der Waals surface area (Å²) in [5.74, 6) is 2.38. The molecule has 0 bridgehead atoms. The van der Waals surface area contributed by atoms with Crippen molar-refractivity contribution in [2.24, 2.45) is 4.99 Å². The van der Waals surface area contributed by atoms with Gasteiger partial charge in [-0.15, -0.1) is 0 Å². The maximum absolute atomic E-state index is 6.07. The van der Waals surface area contributed by atoms with E-state index in [2.05, 4.69) is 54.2 Å². The van der Waals surface area contributed by atoms with E-state index in [0.717, 1.165) is 37.0 Å². The van der Waals surface area contributed by atoms with E-state index in [-0.39, 0.29) is 6.10 Å². The van der Waals surface area contributed by atoms with Crippen molar-refractivity contribution >= 4 is 5.96 Å². The van der Waals surface area contributed by atoms with Crippen LogP contribution in [-0.2, 0) is 11.3 Å². The van der Waals surface area contributed by atoms with Gasteiger partial charge in [-0.3, -0.25) is 0 Å². The number of nitrogens with one attached hydrogen (secondary N) is 1. The molecular weight excluding hydrogens is 340 g/mol. The number of guanidine groups is 1. The number of aryl methyl sites for hydroxylation is 4. The Morgan fingerprint density at radius 2 is 2.11 bits per heavy atom. The molecule has 6 heteroatoms. The van der Waals surface area contributed by atoms with Crippen LogP contribution in [0.4, 0.5) is 0 Å². The van der Waals surface area contributed by atoms with Crippen LogP contribution in [0.15, 0.2) is 27.6 Å². The Labute approximate surface area is 161 Å². The average Bonchev–Trinajstić information content (AvgIpc) is 2.96. The molecule has 1 atom stereocenters. The maximum atomic E-state index is 6.07. The summed E-state index contributed by atoms with van der Waals surface area (Å²) in [4.78, 5) is 11.4. The van der Waals surface area contributed by atoms with E-state index in [1.807, 2.05) is 13.8 Å². The standard InChI is InChI=1S/C21H30N4O2/c1-6-22-21(23-12-20-24-16(4)17(5)27-20)25-9-10-26-19(13-25)18-8-7-14(2)11-15(18)3/h7-8,11,19H,6,9-10,12-13H2,1-5H3,(H,22,23). The van der Waals surface area contributed by atoms with Crippen LogP contribution < -0.4 is 5.32 Å². The molecule has 2 aromatic rings. The summed E-state index contributed by atoms with van der Waals surface area (Å²) in [6.45, 7) is 13.7. The first-order valence-electron chi connectivity index (χ1n) is 9.62. The number of hydrogen-bond acceptors (Lipinski definition) is 4. The number of nitrogens with zero attached hydrogens (tertiary/aromatic N) is 3. The topological polar surface area (TPSA) is 62.9 Å². The summed E-state index contributed by atoms with van der Waals surface area (Å²) >= 11 is 0. The minimum absolute atomic E-state index is 0.0504. The minimum Gasteiger partial charge on any atom is -0.444 e. The van der Waals surface area contributed by atoms with Gasteiger partial charge in [0.05, 0.1) is 18.8 Å². The van der Waals surface area contributed by atoms with Crippen molar-refractivity contribution in [2.75, 3.05) is 26.2 Å². The van der Waals surface area contributed by atoms with E-state index in [4.69, 9.17) is 14.1 Å². The Morgan fingerprint density at radius 3 is 2.78 bits per heavy atom. The number of aromatic nitrogens is 1. The van der Waals surface area contributed by atoms with E-state index in [9.17, 15) is 0 Å². The van der Waals surface area contributed by atoms with E-state index < -0.39 is 0 Å². The van der Waals surface area contributed by atoms with Gasteiger partial charge >= 0.3 is 0 Å². The summed E-state index contributed by atoms with van der Waals surface area (Å²) in [5.41, 5.74) is 4.72. The van der Waals surface area contributed by atoms with Gasteiger partial charge in [-0.05, 0) is 45.7 Å². The molecule has 1 fully saturated rings. The van der Waals surface area contributed by atoms with Crippen LogP contribution in [-0.4, -0.2) is 42.1 Å². The third kappa shape index (κ3) is 4.69. The average molecular weight is 370 g/mol. The van der Waals surface area contributed by atoms with Gasteiger partial charge in [-0.25, -0.2) is 9.98 Å². The molecule has 1 unspecified atom stereocenters. The normalized spacial score (nSPS) is 18.0. The van der Waals surface area contributed by atoms with Crippen LogP contribution in [0.2, 0.25) is 0 Å². The molecule has 0 saturated carbocycles. The fraction of sp³-hybridized carbons (Fsp3) is 0.524. The van der Waals surface area contributed by atoms with Crippen LogP contribution in [0, 0.1) is 27.7 Å². The summed E-state index contributed by atoms with van der Waals surface area (Å²) in [7, 11) is 0. The number of morpholine rings is 1. The second-order valence-corrected chi connectivity index (χ2v) is 7.08. The Balaban J connectivity index is 1.75. The Bertz CT molecular complexity index is 793. The Kier molecular flexibility index (Phi) is 6.16. The molecule has 0 radical (unpaired) electrons. The summed E-state index contributed by atoms with van der Waals surface area (Å²) in [6.07, 6.45) is 0.0504. The zero-order valence-corrected chi connectivity index (χ0v) is 17.0. The third-order valence-electron chi connectivity index (χ3n) is 4.91. The van der Waals surface area contributed by atoms with Crippen molar-refractivity contribution in [3.63, 3.8) is 0 Å². The van der Waals surface area contributed by atoms with E-state index >= 15 is 0 Å². The second-order valence-electron chi connectivity index (χ2n) is 7.08. The minimum atomic E-state index is 0.0504. The molecule has 2 heterocycles. The lowest BCUT2D eigenvalue weighted by Gasteiger charge is -2.35. The molecule has 0 amide bonds. The highest BCUT2D eigenvalue weighted by atomic mass is 16.5. The predicted octanol–water partition coefficient (Wildman–Crippen LogP) is 3.45. The van der Waals surface area contributed by atoms with Crippen molar-refractivity contribution in [1.29, 1.82) is 0 Å². The zero-order chi connectivity index (χ0) is 19.4. The van der Waals surface area contributed by atoms with Crippen molar-refractivity contribution in [3.8, 4) is 0 Å². The second kappa shape index (κ2) is 8.57. The van der Waals surface area contributed by atoms with Crippen molar-refractivity contribution in [3.05, 3.63) is 52.2 Å². The van der Waals surface area contributed by atoms with Crippen molar-refractivity contribution in [1.82, 2.24) is 15.2 Å². The summed E-state index contributed by atoms with van der Waals surface area (Å²) in [5, 5.41) is 3.39. The molecular formula is C21H30N4O2. The van der Waals surface area contributed by atoms with Gasteiger partial charge in [0.15, 0.2) is 5.96 Å². The Morgan fingerprint density at radius 1 is 1.30 bits per heavy atom. The lowest BCUT2D eigenvalue weighted by Crippen LogP contribution is -2.48. The van der Waals surface area contributed by atoms with E-state index in [1.54, 1.807) is 0 Å². The molecule has 0 aliphatic carbocycles. The number of rotatable bonds is 4. The first-order chi connectivity index (χ1) is 13.0. The van der Waals surface area contributed by atoms with Crippen LogP contribution >= 0.6 is 0 Å². The maximum Gasteiger partial charge on any atom is 0.216 e. The lowest BCUT2D eigenvalue weighted by atomic mass is 10.00. The van der Waals surface area contributed by atoms with Crippen LogP contribution in [0.3, 0.4) is 0 Å². The smallest absolute Gasteiger partial charge is 0.216 e. The van der Waals surface area contributed by atoms with Crippen molar-refractivity contribution in [2.45, 2.75) is 47.3 Å². The molecule has 6 nitrogen and oxygen atoms in total. The zero-order valence-electron chi connectivity index (χ0n) is 17.0. The van der Waals surface area contributed by atoms with Crippen LogP contribution in [0.1, 0.15) is 47.1 Å². The molecule has 3 rings (SSSR count). The Hall–Kier alpha value is -2.34. The summed E-state index contributed by atoms with van der Waals surface area (Å²) in [6, 6.07) is 6.54.